The van der Waals surface area contributed by atoms with E-state index < -0.39 is 33.5 Å². The first-order valence-corrected chi connectivity index (χ1v) is 6.66. The van der Waals surface area contributed by atoms with E-state index in [1.165, 1.54) is 0 Å². The van der Waals surface area contributed by atoms with Crippen molar-refractivity contribution in [1.29, 1.82) is 0 Å². The third-order valence-corrected chi connectivity index (χ3v) is 4.85. The molecule has 0 aromatic rings. The first-order valence-electron chi connectivity index (χ1n) is 5.53. The minimum absolute atomic E-state index is 0.226. The Bertz CT molecular complexity index is 354. The summed E-state index contributed by atoms with van der Waals surface area (Å²) in [7, 11) is 0. The van der Waals surface area contributed by atoms with Crippen LogP contribution >= 0.6 is 34.8 Å². The van der Waals surface area contributed by atoms with Gasteiger partial charge < -0.3 is 0 Å². The van der Waals surface area contributed by atoms with Crippen LogP contribution in [0.5, 0.6) is 0 Å². The summed E-state index contributed by atoms with van der Waals surface area (Å²) < 4.78 is 0. The second-order valence-corrected chi connectivity index (χ2v) is 5.87. The van der Waals surface area contributed by atoms with Crippen molar-refractivity contribution < 1.29 is 14.4 Å². The largest absolute Gasteiger partial charge is 0.281 e. The van der Waals surface area contributed by atoms with Crippen LogP contribution in [0.2, 0.25) is 0 Å². The molecule has 2 aliphatic rings. The summed E-state index contributed by atoms with van der Waals surface area (Å²) in [5.74, 6) is -2.21. The molecule has 2 aliphatic carbocycles. The van der Waals surface area contributed by atoms with Gasteiger partial charge in [-0.25, -0.2) is 0 Å². The van der Waals surface area contributed by atoms with E-state index in [4.69, 9.17) is 34.8 Å². The van der Waals surface area contributed by atoms with E-state index in [0.717, 1.165) is 6.42 Å². The fourth-order valence-electron chi connectivity index (χ4n) is 3.56. The zero-order valence-electron chi connectivity index (χ0n) is 8.87. The number of fused-ring (bicyclic) bond motifs is 2. The standard InChI is InChI=1S/C11H11Cl3O3/c12-9(15)6-4-2-1-3-5(6)8(11(14)17)7(4)10(13)16/h4-8H,1-3H2/t4?,5?,6?,7-,8+. The van der Waals surface area contributed by atoms with E-state index in [0.29, 0.717) is 12.8 Å². The van der Waals surface area contributed by atoms with Gasteiger partial charge in [0.1, 0.15) is 0 Å². The summed E-state index contributed by atoms with van der Waals surface area (Å²) in [6.45, 7) is 0. The quantitative estimate of drug-likeness (QED) is 0.752. The Kier molecular flexibility index (Phi) is 3.81. The van der Waals surface area contributed by atoms with E-state index in [2.05, 4.69) is 0 Å². The van der Waals surface area contributed by atoms with Crippen LogP contribution in [0.4, 0.5) is 0 Å². The molecule has 5 atom stereocenters. The number of hydrogen-bond acceptors (Lipinski definition) is 3. The highest BCUT2D eigenvalue weighted by Gasteiger charge is 2.58. The summed E-state index contributed by atoms with van der Waals surface area (Å²) in [6.07, 6.45) is 2.27. The summed E-state index contributed by atoms with van der Waals surface area (Å²) in [5, 5.41) is -1.65. The Morgan fingerprint density at radius 2 is 1.06 bits per heavy atom. The molecule has 2 bridgehead atoms. The molecule has 17 heavy (non-hydrogen) atoms. The highest BCUT2D eigenvalue weighted by atomic mass is 35.5. The number of hydrogen-bond donors (Lipinski definition) is 0. The lowest BCUT2D eigenvalue weighted by atomic mass is 9.77. The van der Waals surface area contributed by atoms with Crippen LogP contribution in [-0.2, 0) is 14.4 Å². The summed E-state index contributed by atoms with van der Waals surface area (Å²) in [6, 6.07) is 0. The molecule has 3 nitrogen and oxygen atoms in total. The third-order valence-electron chi connectivity index (χ3n) is 4.09. The zero-order valence-corrected chi connectivity index (χ0v) is 11.1. The van der Waals surface area contributed by atoms with Crippen LogP contribution in [0.15, 0.2) is 0 Å². The van der Waals surface area contributed by atoms with Gasteiger partial charge in [-0.15, -0.1) is 0 Å². The predicted molar refractivity (Wildman–Crippen MR) is 63.9 cm³/mol. The Morgan fingerprint density at radius 3 is 1.35 bits per heavy atom. The van der Waals surface area contributed by atoms with Crippen molar-refractivity contribution in [2.45, 2.75) is 19.3 Å². The molecular weight excluding hydrogens is 286 g/mol. The minimum Gasteiger partial charge on any atom is -0.281 e. The molecule has 0 heterocycles. The van der Waals surface area contributed by atoms with Crippen molar-refractivity contribution in [1.82, 2.24) is 0 Å². The van der Waals surface area contributed by atoms with Gasteiger partial charge in [0.2, 0.25) is 15.7 Å². The van der Waals surface area contributed by atoms with Gasteiger partial charge in [0, 0.05) is 17.8 Å². The molecule has 2 rings (SSSR count). The first kappa shape index (κ1) is 13.3. The summed E-state index contributed by atoms with van der Waals surface area (Å²) in [4.78, 5) is 34.4. The van der Waals surface area contributed by atoms with Gasteiger partial charge in [0.05, 0.1) is 0 Å². The van der Waals surface area contributed by atoms with E-state index in [1.807, 2.05) is 0 Å². The number of halogens is 3. The van der Waals surface area contributed by atoms with Crippen LogP contribution < -0.4 is 0 Å². The number of rotatable bonds is 3. The van der Waals surface area contributed by atoms with E-state index in [-0.39, 0.29) is 11.8 Å². The monoisotopic (exact) mass is 296 g/mol. The van der Waals surface area contributed by atoms with Crippen LogP contribution in [0.1, 0.15) is 19.3 Å². The highest BCUT2D eigenvalue weighted by Crippen LogP contribution is 2.55. The average molecular weight is 298 g/mol. The molecule has 94 valence electrons. The van der Waals surface area contributed by atoms with Crippen molar-refractivity contribution in [2.75, 3.05) is 0 Å². The Morgan fingerprint density at radius 1 is 0.706 bits per heavy atom. The van der Waals surface area contributed by atoms with Gasteiger partial charge in [-0.2, -0.15) is 0 Å². The van der Waals surface area contributed by atoms with Gasteiger partial charge in [-0.3, -0.25) is 14.4 Å². The summed E-state index contributed by atoms with van der Waals surface area (Å²) >= 11 is 16.7. The highest BCUT2D eigenvalue weighted by molar-refractivity contribution is 6.67. The normalized spacial score (nSPS) is 40.1. The fourth-order valence-corrected chi connectivity index (χ4v) is 4.48. The second kappa shape index (κ2) is 4.87. The van der Waals surface area contributed by atoms with E-state index >= 15 is 0 Å². The molecule has 0 N–H and O–H groups in total. The maximum Gasteiger partial charge on any atom is 0.225 e. The zero-order chi connectivity index (χ0) is 12.7. The van der Waals surface area contributed by atoms with Crippen molar-refractivity contribution in [3.8, 4) is 0 Å². The SMILES string of the molecule is O=C(Cl)C1C2CCCC1[C@H](C(=O)Cl)[C@@H]2C(=O)Cl. The van der Waals surface area contributed by atoms with Crippen molar-refractivity contribution in [2.24, 2.45) is 29.6 Å². The number of carbonyl (C=O) groups excluding carboxylic acids is 3. The molecule has 2 fully saturated rings. The average Bonchev–Trinajstić information content (AvgIpc) is 2.42. The fraction of sp³-hybridized carbons (Fsp3) is 0.727. The van der Waals surface area contributed by atoms with Gasteiger partial charge in [0.15, 0.2) is 0 Å². The number of carbonyl (C=O) groups is 3. The van der Waals surface area contributed by atoms with Crippen molar-refractivity contribution >= 4 is 50.5 Å². The van der Waals surface area contributed by atoms with E-state index in [1.54, 1.807) is 0 Å². The van der Waals surface area contributed by atoms with Gasteiger partial charge >= 0.3 is 0 Å². The topological polar surface area (TPSA) is 51.2 Å². The maximum atomic E-state index is 11.5. The van der Waals surface area contributed by atoms with E-state index in [9.17, 15) is 14.4 Å². The molecule has 0 amide bonds. The molecular formula is C11H11Cl3O3. The molecule has 0 aromatic carbocycles. The lowest BCUT2D eigenvalue weighted by Gasteiger charge is -2.27. The molecule has 0 aromatic heterocycles. The van der Waals surface area contributed by atoms with Crippen LogP contribution in [0.25, 0.3) is 0 Å². The smallest absolute Gasteiger partial charge is 0.225 e. The van der Waals surface area contributed by atoms with Crippen molar-refractivity contribution in [3.05, 3.63) is 0 Å². The minimum atomic E-state index is -0.651. The molecule has 6 heteroatoms. The predicted octanol–water partition coefficient (Wildman–Crippen LogP) is 2.56. The Balaban J connectivity index is 2.42. The lowest BCUT2D eigenvalue weighted by molar-refractivity contribution is -0.124. The van der Waals surface area contributed by atoms with Gasteiger partial charge in [-0.05, 0) is 59.5 Å². The Labute approximate surface area is 114 Å². The van der Waals surface area contributed by atoms with Crippen LogP contribution in [0.3, 0.4) is 0 Å². The van der Waals surface area contributed by atoms with Gasteiger partial charge in [0.25, 0.3) is 0 Å². The van der Waals surface area contributed by atoms with Crippen molar-refractivity contribution in [3.63, 3.8) is 0 Å². The Hall–Kier alpha value is -0.120. The summed E-state index contributed by atoms with van der Waals surface area (Å²) in [5.41, 5.74) is 0. The molecule has 0 aliphatic heterocycles. The molecule has 0 saturated heterocycles. The molecule has 0 radical (unpaired) electrons. The maximum absolute atomic E-state index is 11.5. The molecule has 2 saturated carbocycles. The first-order chi connectivity index (χ1) is 7.95. The third kappa shape index (κ3) is 2.13. The van der Waals surface area contributed by atoms with Gasteiger partial charge in [-0.1, -0.05) is 6.42 Å². The van der Waals surface area contributed by atoms with Crippen LogP contribution in [-0.4, -0.2) is 15.7 Å². The lowest BCUT2D eigenvalue weighted by Crippen LogP contribution is -2.28. The van der Waals surface area contributed by atoms with Crippen LogP contribution in [0, 0.1) is 29.6 Å². The molecule has 0 spiro atoms. The molecule has 3 unspecified atom stereocenters. The second-order valence-electron chi connectivity index (χ2n) is 4.75.